The molecule has 1 N–H and O–H groups in total. The van der Waals surface area contributed by atoms with Crippen molar-refractivity contribution in [2.45, 2.75) is 39.2 Å². The quantitative estimate of drug-likeness (QED) is 0.803. The van der Waals surface area contributed by atoms with Gasteiger partial charge in [-0.15, -0.1) is 11.3 Å². The van der Waals surface area contributed by atoms with Crippen LogP contribution in [-0.2, 0) is 0 Å². The van der Waals surface area contributed by atoms with E-state index in [0.717, 1.165) is 6.54 Å². The predicted molar refractivity (Wildman–Crippen MR) is 75.1 cm³/mol. The number of nitrogens with one attached hydrogen (secondary N) is 1. The van der Waals surface area contributed by atoms with Crippen molar-refractivity contribution in [3.8, 4) is 0 Å². The maximum atomic E-state index is 3.62. The van der Waals surface area contributed by atoms with Crippen LogP contribution in [-0.4, -0.2) is 6.54 Å². The monoisotopic (exact) mass is 299 g/mol. The van der Waals surface area contributed by atoms with E-state index in [-0.39, 0.29) is 0 Å². The highest BCUT2D eigenvalue weighted by atomic mass is 79.9. The standard InChI is InChI=1S/C13H18BrNS/c1-3-15-12(10-6-4-5-7-10)11-8-9(2)13(14)16-11/h6,8,12,15H,3-5,7H2,1-2H3. The Morgan fingerprint density at radius 3 is 2.88 bits per heavy atom. The number of thiophene rings is 1. The van der Waals surface area contributed by atoms with E-state index in [4.69, 9.17) is 0 Å². The molecule has 1 heterocycles. The Morgan fingerprint density at radius 2 is 2.38 bits per heavy atom. The fraction of sp³-hybridized carbons (Fsp3) is 0.538. The molecule has 88 valence electrons. The van der Waals surface area contributed by atoms with E-state index in [1.165, 1.54) is 33.5 Å². The lowest BCUT2D eigenvalue weighted by Gasteiger charge is -2.17. The van der Waals surface area contributed by atoms with E-state index in [0.29, 0.717) is 6.04 Å². The summed E-state index contributed by atoms with van der Waals surface area (Å²) >= 11 is 5.48. The summed E-state index contributed by atoms with van der Waals surface area (Å²) in [4.78, 5) is 1.44. The molecule has 3 heteroatoms. The molecule has 0 radical (unpaired) electrons. The molecular weight excluding hydrogens is 282 g/mol. The zero-order valence-corrected chi connectivity index (χ0v) is 12.2. The maximum absolute atomic E-state index is 3.62. The van der Waals surface area contributed by atoms with Crippen LogP contribution in [0.5, 0.6) is 0 Å². The smallest absolute Gasteiger partial charge is 0.0731 e. The Balaban J connectivity index is 2.24. The Morgan fingerprint density at radius 1 is 1.56 bits per heavy atom. The van der Waals surface area contributed by atoms with E-state index in [2.05, 4.69) is 47.2 Å². The van der Waals surface area contributed by atoms with Gasteiger partial charge < -0.3 is 5.32 Å². The Labute approximate surface area is 110 Å². The molecule has 2 rings (SSSR count). The van der Waals surface area contributed by atoms with E-state index >= 15 is 0 Å². The molecule has 0 amide bonds. The van der Waals surface area contributed by atoms with E-state index in [9.17, 15) is 0 Å². The maximum Gasteiger partial charge on any atom is 0.0731 e. The normalized spacial score (nSPS) is 17.6. The minimum Gasteiger partial charge on any atom is -0.306 e. The van der Waals surface area contributed by atoms with Crippen molar-refractivity contribution in [3.63, 3.8) is 0 Å². The van der Waals surface area contributed by atoms with Gasteiger partial charge in [-0.3, -0.25) is 0 Å². The minimum atomic E-state index is 0.447. The van der Waals surface area contributed by atoms with Crippen LogP contribution in [0.25, 0.3) is 0 Å². The highest BCUT2D eigenvalue weighted by Crippen LogP contribution is 2.37. The van der Waals surface area contributed by atoms with Crippen molar-refractivity contribution in [1.82, 2.24) is 5.32 Å². The van der Waals surface area contributed by atoms with Crippen LogP contribution >= 0.6 is 27.3 Å². The molecule has 0 saturated carbocycles. The van der Waals surface area contributed by atoms with Gasteiger partial charge in [0.1, 0.15) is 0 Å². The van der Waals surface area contributed by atoms with E-state index in [1.807, 2.05) is 11.3 Å². The number of hydrogen-bond acceptors (Lipinski definition) is 2. The Hall–Kier alpha value is -0.120. The zero-order chi connectivity index (χ0) is 11.5. The molecule has 1 aromatic heterocycles. The van der Waals surface area contributed by atoms with Gasteiger partial charge in [0.05, 0.1) is 9.83 Å². The summed E-state index contributed by atoms with van der Waals surface area (Å²) in [6, 6.07) is 2.75. The minimum absolute atomic E-state index is 0.447. The Bertz CT molecular complexity index is 375. The van der Waals surface area contributed by atoms with Crippen LogP contribution in [0.4, 0.5) is 0 Å². The second-order valence-electron chi connectivity index (χ2n) is 4.27. The number of hydrogen-bond donors (Lipinski definition) is 1. The van der Waals surface area contributed by atoms with Crippen molar-refractivity contribution >= 4 is 27.3 Å². The molecule has 16 heavy (non-hydrogen) atoms. The van der Waals surface area contributed by atoms with Crippen LogP contribution in [0.1, 0.15) is 42.7 Å². The molecule has 1 aliphatic rings. The SMILES string of the molecule is CCNC(C1=CCCC1)c1cc(C)c(Br)s1. The second-order valence-corrected chi connectivity index (χ2v) is 6.67. The van der Waals surface area contributed by atoms with Gasteiger partial charge in [0.2, 0.25) is 0 Å². The molecule has 1 nitrogen and oxygen atoms in total. The highest BCUT2D eigenvalue weighted by Gasteiger charge is 2.20. The van der Waals surface area contributed by atoms with Crippen LogP contribution in [0.15, 0.2) is 21.5 Å². The lowest BCUT2D eigenvalue weighted by Crippen LogP contribution is -2.21. The molecule has 0 spiro atoms. The first kappa shape index (κ1) is 12.3. The van der Waals surface area contributed by atoms with Crippen LogP contribution in [0.3, 0.4) is 0 Å². The fourth-order valence-corrected chi connectivity index (χ4v) is 3.89. The molecule has 1 aliphatic carbocycles. The average Bonchev–Trinajstić information content (AvgIpc) is 2.86. The number of allylic oxidation sites excluding steroid dienone is 1. The number of halogens is 1. The van der Waals surface area contributed by atoms with Crippen LogP contribution in [0, 0.1) is 6.92 Å². The van der Waals surface area contributed by atoms with Crippen molar-refractivity contribution in [2.24, 2.45) is 0 Å². The number of likely N-dealkylation sites (N-methyl/N-ethyl adjacent to an activating group) is 1. The average molecular weight is 300 g/mol. The molecule has 0 fully saturated rings. The highest BCUT2D eigenvalue weighted by molar-refractivity contribution is 9.11. The molecule has 0 aromatic carbocycles. The first-order chi connectivity index (χ1) is 7.72. The summed E-state index contributed by atoms with van der Waals surface area (Å²) in [5.41, 5.74) is 2.93. The lowest BCUT2D eigenvalue weighted by molar-refractivity contribution is 0.613. The molecule has 1 aromatic rings. The Kier molecular flexibility index (Phi) is 4.22. The first-order valence-corrected chi connectivity index (χ1v) is 7.51. The lowest BCUT2D eigenvalue weighted by atomic mass is 10.0. The van der Waals surface area contributed by atoms with Gasteiger partial charge in [-0.25, -0.2) is 0 Å². The van der Waals surface area contributed by atoms with Gasteiger partial charge in [-0.2, -0.15) is 0 Å². The summed E-state index contributed by atoms with van der Waals surface area (Å²) in [6.45, 7) is 5.37. The summed E-state index contributed by atoms with van der Waals surface area (Å²) in [6.07, 6.45) is 6.24. The summed E-state index contributed by atoms with van der Waals surface area (Å²) in [5.74, 6) is 0. The third kappa shape index (κ3) is 2.58. The van der Waals surface area contributed by atoms with Gasteiger partial charge in [-0.05, 0) is 60.3 Å². The first-order valence-electron chi connectivity index (χ1n) is 5.90. The molecular formula is C13H18BrNS. The zero-order valence-electron chi connectivity index (χ0n) is 9.85. The third-order valence-corrected chi connectivity index (χ3v) is 5.22. The largest absolute Gasteiger partial charge is 0.306 e. The van der Waals surface area contributed by atoms with Crippen molar-refractivity contribution in [2.75, 3.05) is 6.54 Å². The van der Waals surface area contributed by atoms with Gasteiger partial charge in [0.15, 0.2) is 0 Å². The molecule has 1 unspecified atom stereocenters. The van der Waals surface area contributed by atoms with Crippen LogP contribution in [0.2, 0.25) is 0 Å². The number of rotatable bonds is 4. The summed E-state index contributed by atoms with van der Waals surface area (Å²) in [7, 11) is 0. The fourth-order valence-electron chi connectivity index (χ4n) is 2.20. The van der Waals surface area contributed by atoms with E-state index < -0.39 is 0 Å². The van der Waals surface area contributed by atoms with Crippen LogP contribution < -0.4 is 5.32 Å². The van der Waals surface area contributed by atoms with Crippen molar-refractivity contribution in [1.29, 1.82) is 0 Å². The van der Waals surface area contributed by atoms with Gasteiger partial charge in [-0.1, -0.05) is 18.6 Å². The molecule has 0 aliphatic heterocycles. The van der Waals surface area contributed by atoms with Gasteiger partial charge in [0.25, 0.3) is 0 Å². The van der Waals surface area contributed by atoms with Crippen molar-refractivity contribution in [3.05, 3.63) is 31.9 Å². The topological polar surface area (TPSA) is 12.0 Å². The van der Waals surface area contributed by atoms with Gasteiger partial charge in [0, 0.05) is 4.88 Å². The predicted octanol–water partition coefficient (Wildman–Crippen LogP) is 4.58. The van der Waals surface area contributed by atoms with Gasteiger partial charge >= 0.3 is 0 Å². The molecule has 1 atom stereocenters. The number of aryl methyl sites for hydroxylation is 1. The third-order valence-electron chi connectivity index (χ3n) is 3.02. The summed E-state index contributed by atoms with van der Waals surface area (Å²) < 4.78 is 1.27. The summed E-state index contributed by atoms with van der Waals surface area (Å²) in [5, 5.41) is 3.60. The van der Waals surface area contributed by atoms with Crippen molar-refractivity contribution < 1.29 is 0 Å². The molecule has 0 bridgehead atoms. The van der Waals surface area contributed by atoms with E-state index in [1.54, 1.807) is 5.57 Å². The molecule has 0 saturated heterocycles. The second kappa shape index (κ2) is 5.48.